The van der Waals surface area contributed by atoms with E-state index in [1.807, 2.05) is 39.2 Å². The molecule has 2 N–H and O–H groups in total. The molecule has 0 amide bonds. The van der Waals surface area contributed by atoms with E-state index in [9.17, 15) is 0 Å². The lowest BCUT2D eigenvalue weighted by Crippen LogP contribution is -2.08. The van der Waals surface area contributed by atoms with Crippen molar-refractivity contribution in [1.29, 1.82) is 0 Å². The molecule has 0 fully saturated rings. The highest BCUT2D eigenvalue weighted by atomic mass is 15.1. The molecule has 0 saturated heterocycles. The highest BCUT2D eigenvalue weighted by Crippen LogP contribution is 2.20. The predicted molar refractivity (Wildman–Crippen MR) is 80.2 cm³/mol. The van der Waals surface area contributed by atoms with Crippen molar-refractivity contribution in [2.24, 2.45) is 0 Å². The molecule has 0 atom stereocenters. The fourth-order valence-corrected chi connectivity index (χ4v) is 1.68. The maximum absolute atomic E-state index is 4.39. The number of nitrogens with zero attached hydrogens (tertiary/aromatic N) is 3. The monoisotopic (exact) mass is 257 g/mol. The minimum Gasteiger partial charge on any atom is -0.378 e. The van der Waals surface area contributed by atoms with Crippen LogP contribution in [0.1, 0.15) is 6.92 Å². The molecule has 0 aliphatic rings. The van der Waals surface area contributed by atoms with E-state index in [-0.39, 0.29) is 0 Å². The number of anilines is 4. The first-order valence-corrected chi connectivity index (χ1v) is 6.30. The first kappa shape index (κ1) is 13.1. The van der Waals surface area contributed by atoms with Gasteiger partial charge in [-0.2, -0.15) is 4.98 Å². The Labute approximate surface area is 113 Å². The molecule has 19 heavy (non-hydrogen) atoms. The summed E-state index contributed by atoms with van der Waals surface area (Å²) >= 11 is 0. The molecule has 0 unspecified atom stereocenters. The number of hydrogen-bond acceptors (Lipinski definition) is 5. The summed E-state index contributed by atoms with van der Waals surface area (Å²) in [4.78, 5) is 10.6. The fraction of sp³-hybridized carbons (Fsp3) is 0.286. The van der Waals surface area contributed by atoms with Crippen LogP contribution >= 0.6 is 0 Å². The van der Waals surface area contributed by atoms with Gasteiger partial charge in [0.25, 0.3) is 0 Å². The van der Waals surface area contributed by atoms with Crippen LogP contribution in [0.3, 0.4) is 0 Å². The van der Waals surface area contributed by atoms with Crippen molar-refractivity contribution in [3.63, 3.8) is 0 Å². The molecule has 0 saturated carbocycles. The lowest BCUT2D eigenvalue weighted by Gasteiger charge is -2.14. The van der Waals surface area contributed by atoms with Crippen molar-refractivity contribution in [3.05, 3.63) is 36.5 Å². The standard InChI is InChI=1S/C14H19N5/c1-4-15-14-16-9-8-13(18-14)17-11-6-5-7-12(10-11)19(2)3/h5-10H,4H2,1-3H3,(H2,15,16,17,18). The van der Waals surface area contributed by atoms with Crippen LogP contribution in [0.25, 0.3) is 0 Å². The number of hydrogen-bond donors (Lipinski definition) is 2. The second kappa shape index (κ2) is 6.04. The maximum atomic E-state index is 4.39. The van der Waals surface area contributed by atoms with Gasteiger partial charge in [-0.05, 0) is 31.2 Å². The van der Waals surface area contributed by atoms with E-state index in [1.54, 1.807) is 6.20 Å². The Hall–Kier alpha value is -2.30. The summed E-state index contributed by atoms with van der Waals surface area (Å²) in [6.45, 7) is 2.82. The Morgan fingerprint density at radius 2 is 2.05 bits per heavy atom. The minimum absolute atomic E-state index is 0.635. The van der Waals surface area contributed by atoms with Crippen LogP contribution in [0.2, 0.25) is 0 Å². The van der Waals surface area contributed by atoms with Gasteiger partial charge in [0.15, 0.2) is 0 Å². The predicted octanol–water partition coefficient (Wildman–Crippen LogP) is 2.72. The zero-order chi connectivity index (χ0) is 13.7. The molecule has 0 radical (unpaired) electrons. The van der Waals surface area contributed by atoms with Crippen LogP contribution in [0.4, 0.5) is 23.1 Å². The topological polar surface area (TPSA) is 53.1 Å². The summed E-state index contributed by atoms with van der Waals surface area (Å²) in [7, 11) is 4.04. The molecule has 1 aromatic carbocycles. The SMILES string of the molecule is CCNc1nccc(Nc2cccc(N(C)C)c2)n1. The Kier molecular flexibility index (Phi) is 4.18. The summed E-state index contributed by atoms with van der Waals surface area (Å²) in [6.07, 6.45) is 1.74. The summed E-state index contributed by atoms with van der Waals surface area (Å²) in [6, 6.07) is 10.0. The Morgan fingerprint density at radius 1 is 1.21 bits per heavy atom. The van der Waals surface area contributed by atoms with Gasteiger partial charge in [0, 0.05) is 38.2 Å². The third kappa shape index (κ3) is 3.58. The van der Waals surface area contributed by atoms with Crippen LogP contribution in [0.5, 0.6) is 0 Å². The third-order valence-corrected chi connectivity index (χ3v) is 2.63. The van der Waals surface area contributed by atoms with E-state index >= 15 is 0 Å². The number of rotatable bonds is 5. The number of aromatic nitrogens is 2. The molecule has 2 aromatic rings. The van der Waals surface area contributed by atoms with Crippen LogP contribution in [0.15, 0.2) is 36.5 Å². The lowest BCUT2D eigenvalue weighted by molar-refractivity contribution is 1.09. The molecule has 0 aliphatic carbocycles. The van der Waals surface area contributed by atoms with Gasteiger partial charge < -0.3 is 15.5 Å². The molecule has 5 nitrogen and oxygen atoms in total. The maximum Gasteiger partial charge on any atom is 0.224 e. The van der Waals surface area contributed by atoms with Gasteiger partial charge in [0.05, 0.1) is 0 Å². The lowest BCUT2D eigenvalue weighted by atomic mass is 10.2. The van der Waals surface area contributed by atoms with Gasteiger partial charge in [-0.3, -0.25) is 0 Å². The molecule has 100 valence electrons. The molecular formula is C14H19N5. The summed E-state index contributed by atoms with van der Waals surface area (Å²) < 4.78 is 0. The Bertz CT molecular complexity index is 539. The van der Waals surface area contributed by atoms with E-state index < -0.39 is 0 Å². The number of benzene rings is 1. The molecule has 1 heterocycles. The van der Waals surface area contributed by atoms with Gasteiger partial charge in [-0.15, -0.1) is 0 Å². The van der Waals surface area contributed by atoms with Crippen molar-refractivity contribution in [2.45, 2.75) is 6.92 Å². The van der Waals surface area contributed by atoms with Crippen LogP contribution in [0, 0.1) is 0 Å². The van der Waals surface area contributed by atoms with Crippen LogP contribution in [-0.4, -0.2) is 30.6 Å². The zero-order valence-electron chi connectivity index (χ0n) is 11.5. The molecule has 2 rings (SSSR count). The first-order chi connectivity index (χ1) is 9.19. The molecule has 0 bridgehead atoms. The van der Waals surface area contributed by atoms with Crippen LogP contribution < -0.4 is 15.5 Å². The van der Waals surface area contributed by atoms with Gasteiger partial charge in [0.1, 0.15) is 5.82 Å². The van der Waals surface area contributed by atoms with Gasteiger partial charge >= 0.3 is 0 Å². The summed E-state index contributed by atoms with van der Waals surface area (Å²) in [5.74, 6) is 1.41. The fourth-order valence-electron chi connectivity index (χ4n) is 1.68. The molecule has 0 aliphatic heterocycles. The average Bonchev–Trinajstić information content (AvgIpc) is 2.40. The highest BCUT2D eigenvalue weighted by Gasteiger charge is 2.01. The van der Waals surface area contributed by atoms with E-state index in [0.29, 0.717) is 5.95 Å². The van der Waals surface area contributed by atoms with Gasteiger partial charge in [-0.25, -0.2) is 4.98 Å². The van der Waals surface area contributed by atoms with Crippen molar-refractivity contribution < 1.29 is 0 Å². The largest absolute Gasteiger partial charge is 0.378 e. The third-order valence-electron chi connectivity index (χ3n) is 2.63. The normalized spacial score (nSPS) is 10.1. The summed E-state index contributed by atoms with van der Waals surface area (Å²) in [5.41, 5.74) is 2.15. The highest BCUT2D eigenvalue weighted by molar-refractivity contribution is 5.63. The zero-order valence-corrected chi connectivity index (χ0v) is 11.5. The van der Waals surface area contributed by atoms with Gasteiger partial charge in [-0.1, -0.05) is 6.07 Å². The van der Waals surface area contributed by atoms with Crippen LogP contribution in [-0.2, 0) is 0 Å². The molecule has 0 spiro atoms. The Balaban J connectivity index is 2.16. The van der Waals surface area contributed by atoms with Gasteiger partial charge in [0.2, 0.25) is 5.95 Å². The van der Waals surface area contributed by atoms with Crippen molar-refractivity contribution >= 4 is 23.1 Å². The second-order valence-corrected chi connectivity index (χ2v) is 4.37. The summed E-state index contributed by atoms with van der Waals surface area (Å²) in [5, 5.41) is 6.37. The van der Waals surface area contributed by atoms with E-state index in [0.717, 1.165) is 23.7 Å². The molecular weight excluding hydrogens is 238 g/mol. The first-order valence-electron chi connectivity index (χ1n) is 6.30. The van der Waals surface area contributed by atoms with E-state index in [2.05, 4.69) is 37.6 Å². The van der Waals surface area contributed by atoms with Crippen molar-refractivity contribution in [1.82, 2.24) is 9.97 Å². The van der Waals surface area contributed by atoms with E-state index in [1.165, 1.54) is 0 Å². The molecule has 1 aromatic heterocycles. The molecule has 5 heteroatoms. The average molecular weight is 257 g/mol. The Morgan fingerprint density at radius 3 is 2.79 bits per heavy atom. The number of nitrogens with one attached hydrogen (secondary N) is 2. The van der Waals surface area contributed by atoms with Crippen molar-refractivity contribution in [3.8, 4) is 0 Å². The van der Waals surface area contributed by atoms with E-state index in [4.69, 9.17) is 0 Å². The second-order valence-electron chi connectivity index (χ2n) is 4.37. The van der Waals surface area contributed by atoms with Crippen molar-refractivity contribution in [2.75, 3.05) is 36.2 Å². The smallest absolute Gasteiger partial charge is 0.224 e. The minimum atomic E-state index is 0.635. The quantitative estimate of drug-likeness (QED) is 0.862.